The lowest BCUT2D eigenvalue weighted by Crippen LogP contribution is -2.31. The van der Waals surface area contributed by atoms with Gasteiger partial charge >= 0.3 is 5.97 Å². The van der Waals surface area contributed by atoms with Gasteiger partial charge in [-0.15, -0.1) is 0 Å². The van der Waals surface area contributed by atoms with E-state index in [0.717, 1.165) is 28.7 Å². The van der Waals surface area contributed by atoms with Gasteiger partial charge in [-0.25, -0.2) is 0 Å². The number of benzene rings is 1. The number of hydrogen-bond donors (Lipinski definition) is 0. The van der Waals surface area contributed by atoms with Crippen LogP contribution in [-0.4, -0.2) is 38.4 Å². The minimum absolute atomic E-state index is 0.0703. The average Bonchev–Trinajstić information content (AvgIpc) is 2.94. The number of esters is 1. The van der Waals surface area contributed by atoms with Crippen molar-refractivity contribution in [1.82, 2.24) is 0 Å². The predicted octanol–water partition coefficient (Wildman–Crippen LogP) is 3.14. The maximum Gasteiger partial charge on any atom is 0.305 e. The number of rotatable bonds is 8. The van der Waals surface area contributed by atoms with Crippen molar-refractivity contribution in [2.75, 3.05) is 20.5 Å². The molecule has 0 spiro atoms. The third kappa shape index (κ3) is 3.95. The number of carbonyl (C=O) groups excluding carboxylic acids is 2. The van der Waals surface area contributed by atoms with Gasteiger partial charge in [0.15, 0.2) is 13.1 Å². The molecule has 1 aromatic rings. The zero-order valence-electron chi connectivity index (χ0n) is 15.6. The summed E-state index contributed by atoms with van der Waals surface area (Å²) in [6.07, 6.45) is 2.27. The van der Waals surface area contributed by atoms with E-state index in [4.69, 9.17) is 18.9 Å². The number of hydrogen-bond acceptors (Lipinski definition) is 6. The fourth-order valence-electron chi connectivity index (χ4n) is 3.22. The predicted molar refractivity (Wildman–Crippen MR) is 92.4 cm³/mol. The van der Waals surface area contributed by atoms with Crippen molar-refractivity contribution in [3.63, 3.8) is 0 Å². The number of carbonyl (C=O) groups is 2. The van der Waals surface area contributed by atoms with Crippen molar-refractivity contribution in [3.05, 3.63) is 22.3 Å². The zero-order chi connectivity index (χ0) is 18.6. The Morgan fingerprint density at radius 2 is 2.04 bits per heavy atom. The van der Waals surface area contributed by atoms with Crippen molar-refractivity contribution in [2.24, 2.45) is 0 Å². The number of ether oxygens (including phenoxy) is 4. The van der Waals surface area contributed by atoms with Crippen LogP contribution in [0.1, 0.15) is 53.7 Å². The van der Waals surface area contributed by atoms with E-state index in [0.29, 0.717) is 37.2 Å². The Labute approximate surface area is 148 Å². The number of fused-ring (bicyclic) bond motifs is 1. The van der Waals surface area contributed by atoms with Crippen LogP contribution in [0.5, 0.6) is 11.5 Å². The van der Waals surface area contributed by atoms with Crippen molar-refractivity contribution < 1.29 is 28.5 Å². The van der Waals surface area contributed by atoms with Gasteiger partial charge in [0.2, 0.25) is 0 Å². The van der Waals surface area contributed by atoms with Crippen molar-refractivity contribution in [2.45, 2.75) is 52.6 Å². The van der Waals surface area contributed by atoms with Gasteiger partial charge in [-0.05, 0) is 39.7 Å². The molecule has 0 amide bonds. The van der Waals surface area contributed by atoms with Crippen LogP contribution in [0.25, 0.3) is 0 Å². The highest BCUT2D eigenvalue weighted by Gasteiger charge is 2.39. The first-order chi connectivity index (χ1) is 11.9. The summed E-state index contributed by atoms with van der Waals surface area (Å²) in [5.74, 6) is 1.02. The Hall–Kier alpha value is -2.08. The molecule has 6 heteroatoms. The Kier molecular flexibility index (Phi) is 6.06. The second-order valence-electron chi connectivity index (χ2n) is 6.50. The van der Waals surface area contributed by atoms with E-state index in [1.807, 2.05) is 20.8 Å². The number of aldehydes is 1. The van der Waals surface area contributed by atoms with Gasteiger partial charge in [-0.3, -0.25) is 9.59 Å². The van der Waals surface area contributed by atoms with Gasteiger partial charge in [0, 0.05) is 31.1 Å². The Morgan fingerprint density at radius 3 is 2.64 bits per heavy atom. The van der Waals surface area contributed by atoms with Crippen molar-refractivity contribution in [3.8, 4) is 11.5 Å². The zero-order valence-corrected chi connectivity index (χ0v) is 15.6. The van der Waals surface area contributed by atoms with Crippen LogP contribution >= 0.6 is 0 Å². The molecule has 0 fully saturated rings. The van der Waals surface area contributed by atoms with Gasteiger partial charge in [-0.1, -0.05) is 0 Å². The van der Waals surface area contributed by atoms with E-state index in [1.54, 1.807) is 6.92 Å². The van der Waals surface area contributed by atoms with Gasteiger partial charge in [-0.2, -0.15) is 0 Å². The lowest BCUT2D eigenvalue weighted by molar-refractivity contribution is -0.144. The molecule has 0 saturated heterocycles. The molecule has 1 aromatic carbocycles. The van der Waals surface area contributed by atoms with Crippen LogP contribution in [0, 0.1) is 13.8 Å². The third-order valence-corrected chi connectivity index (χ3v) is 4.56. The third-order valence-electron chi connectivity index (χ3n) is 4.56. The molecule has 1 aliphatic rings. The molecular formula is C19H26O6. The molecule has 0 aliphatic carbocycles. The summed E-state index contributed by atoms with van der Waals surface area (Å²) in [5, 5.41) is 0. The van der Waals surface area contributed by atoms with Gasteiger partial charge in [0.1, 0.15) is 17.1 Å². The quantitative estimate of drug-likeness (QED) is 0.407. The van der Waals surface area contributed by atoms with Crippen molar-refractivity contribution in [1.29, 1.82) is 0 Å². The van der Waals surface area contributed by atoms with E-state index >= 15 is 0 Å². The molecule has 0 saturated carbocycles. The Morgan fingerprint density at radius 1 is 1.32 bits per heavy atom. The van der Waals surface area contributed by atoms with Crippen LogP contribution in [0.2, 0.25) is 0 Å². The van der Waals surface area contributed by atoms with Crippen LogP contribution < -0.4 is 9.47 Å². The van der Waals surface area contributed by atoms with Gasteiger partial charge < -0.3 is 18.9 Å². The normalized spacial score (nSPS) is 18.4. The minimum atomic E-state index is -0.509. The van der Waals surface area contributed by atoms with Crippen LogP contribution in [0.15, 0.2) is 0 Å². The maximum absolute atomic E-state index is 11.7. The second kappa shape index (κ2) is 7.87. The molecule has 0 bridgehead atoms. The summed E-state index contributed by atoms with van der Waals surface area (Å²) >= 11 is 0. The lowest BCUT2D eigenvalue weighted by Gasteiger charge is -2.24. The Balaban J connectivity index is 2.30. The minimum Gasteiger partial charge on any atom is -0.487 e. The highest BCUT2D eigenvalue weighted by Crippen LogP contribution is 2.46. The van der Waals surface area contributed by atoms with E-state index in [9.17, 15) is 9.59 Å². The highest BCUT2D eigenvalue weighted by atomic mass is 16.7. The van der Waals surface area contributed by atoms with Crippen molar-refractivity contribution >= 4 is 12.3 Å². The summed E-state index contributed by atoms with van der Waals surface area (Å²) in [6.45, 7) is 7.96. The summed E-state index contributed by atoms with van der Waals surface area (Å²) in [7, 11) is 1.53. The van der Waals surface area contributed by atoms with E-state index in [1.165, 1.54) is 7.11 Å². The standard InChI is InChI=1S/C19H26O6/c1-6-23-16(21)7-8-19(4)9-14-12(2)17(24-11-22-5)15(10-20)13(3)18(14)25-19/h10H,6-9,11H2,1-5H3. The summed E-state index contributed by atoms with van der Waals surface area (Å²) < 4.78 is 21.8. The van der Waals surface area contributed by atoms with Crippen LogP contribution in [0.4, 0.5) is 0 Å². The summed E-state index contributed by atoms with van der Waals surface area (Å²) in [4.78, 5) is 23.2. The molecular weight excluding hydrogens is 324 g/mol. The number of methoxy groups -OCH3 is 1. The second-order valence-corrected chi connectivity index (χ2v) is 6.50. The van der Waals surface area contributed by atoms with Gasteiger partial charge in [0.05, 0.1) is 12.2 Å². The molecule has 2 rings (SSSR count). The van der Waals surface area contributed by atoms with Crippen LogP contribution in [0.3, 0.4) is 0 Å². The molecule has 25 heavy (non-hydrogen) atoms. The first-order valence-corrected chi connectivity index (χ1v) is 8.44. The Bertz CT molecular complexity index is 667. The molecule has 1 atom stereocenters. The van der Waals surface area contributed by atoms with E-state index in [-0.39, 0.29) is 12.8 Å². The molecule has 138 valence electrons. The first-order valence-electron chi connectivity index (χ1n) is 8.44. The molecule has 1 aliphatic heterocycles. The summed E-state index contributed by atoms with van der Waals surface area (Å²) in [6, 6.07) is 0. The largest absolute Gasteiger partial charge is 0.487 e. The lowest BCUT2D eigenvalue weighted by atomic mass is 9.90. The molecule has 1 heterocycles. The van der Waals surface area contributed by atoms with Crippen LogP contribution in [-0.2, 0) is 20.7 Å². The topological polar surface area (TPSA) is 71.1 Å². The fourth-order valence-corrected chi connectivity index (χ4v) is 3.22. The van der Waals surface area contributed by atoms with Gasteiger partial charge in [0.25, 0.3) is 0 Å². The monoisotopic (exact) mass is 350 g/mol. The first kappa shape index (κ1) is 19.2. The van der Waals surface area contributed by atoms with E-state index < -0.39 is 5.60 Å². The molecule has 1 unspecified atom stereocenters. The molecule has 0 radical (unpaired) electrons. The fraction of sp³-hybridized carbons (Fsp3) is 0.579. The molecule has 6 nitrogen and oxygen atoms in total. The van der Waals surface area contributed by atoms with E-state index in [2.05, 4.69) is 0 Å². The average molecular weight is 350 g/mol. The smallest absolute Gasteiger partial charge is 0.305 e. The SMILES string of the molecule is CCOC(=O)CCC1(C)Cc2c(C)c(OCOC)c(C=O)c(C)c2O1. The molecule has 0 aromatic heterocycles. The summed E-state index contributed by atoms with van der Waals surface area (Å²) in [5.41, 5.74) is 2.61. The highest BCUT2D eigenvalue weighted by molar-refractivity contribution is 5.85. The molecule has 0 N–H and O–H groups in total. The maximum atomic E-state index is 11.7.